The van der Waals surface area contributed by atoms with Crippen molar-refractivity contribution in [3.63, 3.8) is 0 Å². The number of fused-ring (bicyclic) bond motifs is 1. The summed E-state index contributed by atoms with van der Waals surface area (Å²) in [4.78, 5) is 28.3. The molecule has 0 amide bonds. The quantitative estimate of drug-likeness (QED) is 0.400. The van der Waals surface area contributed by atoms with Gasteiger partial charge in [0.1, 0.15) is 0 Å². The lowest BCUT2D eigenvalue weighted by Gasteiger charge is -2.13. The van der Waals surface area contributed by atoms with Crippen LogP contribution in [-0.2, 0) is 4.74 Å². The van der Waals surface area contributed by atoms with Crippen molar-refractivity contribution in [1.82, 2.24) is 4.98 Å². The van der Waals surface area contributed by atoms with E-state index in [0.717, 1.165) is 23.0 Å². The van der Waals surface area contributed by atoms with Crippen molar-refractivity contribution in [2.24, 2.45) is 5.92 Å². The van der Waals surface area contributed by atoms with E-state index >= 15 is 0 Å². The highest BCUT2D eigenvalue weighted by atomic mass is 16.5. The molecule has 1 aromatic heterocycles. The molecule has 1 heterocycles. The molecule has 0 aliphatic heterocycles. The summed E-state index contributed by atoms with van der Waals surface area (Å²) in [5.41, 5.74) is 2.47. The number of ether oxygens (including phenoxy) is 3. The minimum Gasteiger partial charge on any atom is -0.493 e. The van der Waals surface area contributed by atoms with E-state index in [9.17, 15) is 9.59 Å². The van der Waals surface area contributed by atoms with Gasteiger partial charge in [0.05, 0.1) is 19.3 Å². The lowest BCUT2D eigenvalue weighted by atomic mass is 10.1. The monoisotopic (exact) mass is 409 g/mol. The maximum absolute atomic E-state index is 12.7. The zero-order chi connectivity index (χ0) is 21.7. The van der Waals surface area contributed by atoms with Gasteiger partial charge in [-0.15, -0.1) is 0 Å². The van der Waals surface area contributed by atoms with Crippen LogP contribution < -0.4 is 9.47 Å². The number of rotatable bonds is 9. The van der Waals surface area contributed by atoms with E-state index in [2.05, 4.69) is 18.8 Å². The van der Waals surface area contributed by atoms with Crippen LogP contribution in [0.2, 0.25) is 0 Å². The molecule has 0 atom stereocenters. The number of methoxy groups -OCH3 is 1. The van der Waals surface area contributed by atoms with Crippen LogP contribution in [0.1, 0.15) is 46.7 Å². The summed E-state index contributed by atoms with van der Waals surface area (Å²) in [5, 5.41) is 0.820. The molecule has 6 heteroatoms. The summed E-state index contributed by atoms with van der Waals surface area (Å²) in [6.45, 7) is 6.31. The molecule has 2 aromatic carbocycles. The Hall–Kier alpha value is -3.28. The molecule has 3 rings (SSSR count). The summed E-state index contributed by atoms with van der Waals surface area (Å²) < 4.78 is 16.3. The third kappa shape index (κ3) is 4.82. The molecule has 0 unspecified atom stereocenters. The predicted molar refractivity (Wildman–Crippen MR) is 116 cm³/mol. The van der Waals surface area contributed by atoms with Gasteiger partial charge < -0.3 is 19.2 Å². The van der Waals surface area contributed by atoms with Gasteiger partial charge in [-0.3, -0.25) is 4.79 Å². The average molecular weight is 409 g/mol. The lowest BCUT2D eigenvalue weighted by Crippen LogP contribution is -2.15. The van der Waals surface area contributed by atoms with Crippen LogP contribution >= 0.6 is 0 Å². The van der Waals surface area contributed by atoms with Crippen LogP contribution in [-0.4, -0.2) is 37.1 Å². The van der Waals surface area contributed by atoms with Crippen molar-refractivity contribution in [2.75, 3.05) is 20.3 Å². The summed E-state index contributed by atoms with van der Waals surface area (Å²) in [5.74, 6) is 0.711. The number of H-pyrrole nitrogens is 1. The van der Waals surface area contributed by atoms with Crippen molar-refractivity contribution in [2.45, 2.75) is 27.2 Å². The van der Waals surface area contributed by atoms with E-state index in [4.69, 9.17) is 14.2 Å². The second-order valence-electron chi connectivity index (χ2n) is 7.57. The molecule has 0 radical (unpaired) electrons. The Morgan fingerprint density at radius 3 is 2.57 bits per heavy atom. The molecular weight excluding hydrogens is 382 g/mol. The zero-order valence-electron chi connectivity index (χ0n) is 17.8. The molecule has 6 nitrogen and oxygen atoms in total. The van der Waals surface area contributed by atoms with Crippen LogP contribution in [0.5, 0.6) is 11.5 Å². The molecule has 0 spiro atoms. The number of benzene rings is 2. The number of ketones is 1. The number of hydrogen-bond acceptors (Lipinski definition) is 5. The van der Waals surface area contributed by atoms with Gasteiger partial charge in [0.25, 0.3) is 0 Å². The molecule has 3 aromatic rings. The Labute approximate surface area is 176 Å². The Morgan fingerprint density at radius 1 is 1.07 bits per heavy atom. The molecule has 0 bridgehead atoms. The summed E-state index contributed by atoms with van der Waals surface area (Å²) in [6.07, 6.45) is 0.919. The van der Waals surface area contributed by atoms with E-state index < -0.39 is 5.97 Å². The minimum absolute atomic E-state index is 0.251. The smallest absolute Gasteiger partial charge is 0.338 e. The maximum atomic E-state index is 12.7. The standard InChI is InChI=1S/C24H27NO5/c1-15(2)11-12-29-21-10-9-17(13-22(21)28-4)24(27)30-14-20(26)23-16(3)25-19-8-6-5-7-18(19)23/h5-10,13,15,25H,11-12,14H2,1-4H3. The zero-order valence-corrected chi connectivity index (χ0v) is 17.8. The summed E-state index contributed by atoms with van der Waals surface area (Å²) in [7, 11) is 1.52. The Morgan fingerprint density at radius 2 is 1.83 bits per heavy atom. The average Bonchev–Trinajstić information content (AvgIpc) is 3.07. The first kappa shape index (κ1) is 21.4. The predicted octanol–water partition coefficient (Wildman–Crippen LogP) is 4.95. The molecular formula is C24H27NO5. The minimum atomic E-state index is -0.590. The molecule has 0 saturated heterocycles. The number of aromatic nitrogens is 1. The highest BCUT2D eigenvalue weighted by molar-refractivity contribution is 6.10. The van der Waals surface area contributed by atoms with Crippen molar-refractivity contribution in [3.8, 4) is 11.5 Å². The van der Waals surface area contributed by atoms with Gasteiger partial charge in [-0.1, -0.05) is 32.0 Å². The fraction of sp³-hybridized carbons (Fsp3) is 0.333. The molecule has 30 heavy (non-hydrogen) atoms. The Kier molecular flexibility index (Phi) is 6.77. The highest BCUT2D eigenvalue weighted by Gasteiger charge is 2.19. The molecule has 0 saturated carbocycles. The van der Waals surface area contributed by atoms with E-state index in [1.807, 2.05) is 31.2 Å². The molecule has 0 aliphatic rings. The number of Topliss-reactive ketones (excluding diaryl/α,β-unsaturated/α-hetero) is 1. The van der Waals surface area contributed by atoms with E-state index in [1.165, 1.54) is 7.11 Å². The molecule has 158 valence electrons. The van der Waals surface area contributed by atoms with Gasteiger partial charge in [-0.05, 0) is 43.5 Å². The van der Waals surface area contributed by atoms with Gasteiger partial charge in [-0.2, -0.15) is 0 Å². The van der Waals surface area contributed by atoms with Crippen molar-refractivity contribution in [3.05, 3.63) is 59.3 Å². The molecule has 0 fully saturated rings. The van der Waals surface area contributed by atoms with Crippen LogP contribution in [0.25, 0.3) is 10.9 Å². The lowest BCUT2D eigenvalue weighted by molar-refractivity contribution is 0.0474. The molecule has 1 N–H and O–H groups in total. The Bertz CT molecular complexity index is 1050. The number of aryl methyl sites for hydroxylation is 1. The largest absolute Gasteiger partial charge is 0.493 e. The van der Waals surface area contributed by atoms with Gasteiger partial charge >= 0.3 is 5.97 Å². The van der Waals surface area contributed by atoms with E-state index in [-0.39, 0.29) is 12.4 Å². The third-order valence-corrected chi connectivity index (χ3v) is 4.86. The summed E-state index contributed by atoms with van der Waals surface area (Å²) in [6, 6.07) is 12.4. The molecule has 0 aliphatic carbocycles. The van der Waals surface area contributed by atoms with Gasteiger partial charge in [0, 0.05) is 22.2 Å². The number of hydrogen-bond donors (Lipinski definition) is 1. The van der Waals surface area contributed by atoms with Gasteiger partial charge in [0.2, 0.25) is 5.78 Å². The number of esters is 1. The number of carbonyl (C=O) groups is 2. The van der Waals surface area contributed by atoms with Crippen LogP contribution in [0.15, 0.2) is 42.5 Å². The second-order valence-corrected chi connectivity index (χ2v) is 7.57. The third-order valence-electron chi connectivity index (χ3n) is 4.86. The fourth-order valence-electron chi connectivity index (χ4n) is 3.24. The van der Waals surface area contributed by atoms with Crippen molar-refractivity contribution < 1.29 is 23.8 Å². The summed E-state index contributed by atoms with van der Waals surface area (Å²) >= 11 is 0. The van der Waals surface area contributed by atoms with Gasteiger partial charge in [-0.25, -0.2) is 4.79 Å². The Balaban J connectivity index is 1.67. The fourth-order valence-corrected chi connectivity index (χ4v) is 3.24. The first-order valence-corrected chi connectivity index (χ1v) is 9.99. The van der Waals surface area contributed by atoms with Gasteiger partial charge in [0.15, 0.2) is 18.1 Å². The highest BCUT2D eigenvalue weighted by Crippen LogP contribution is 2.29. The first-order chi connectivity index (χ1) is 14.4. The van der Waals surface area contributed by atoms with E-state index in [0.29, 0.717) is 35.2 Å². The van der Waals surface area contributed by atoms with Crippen LogP contribution in [0, 0.1) is 12.8 Å². The number of nitrogens with one attached hydrogen (secondary N) is 1. The number of carbonyl (C=O) groups excluding carboxylic acids is 2. The van der Waals surface area contributed by atoms with Crippen molar-refractivity contribution in [1.29, 1.82) is 0 Å². The van der Waals surface area contributed by atoms with Crippen LogP contribution in [0.4, 0.5) is 0 Å². The van der Waals surface area contributed by atoms with E-state index in [1.54, 1.807) is 18.2 Å². The number of para-hydroxylation sites is 1. The maximum Gasteiger partial charge on any atom is 0.338 e. The van der Waals surface area contributed by atoms with Crippen LogP contribution in [0.3, 0.4) is 0 Å². The first-order valence-electron chi connectivity index (χ1n) is 9.99. The normalized spacial score (nSPS) is 11.0. The number of aromatic amines is 1. The topological polar surface area (TPSA) is 77.6 Å². The second kappa shape index (κ2) is 9.48. The van der Waals surface area contributed by atoms with Crippen molar-refractivity contribution >= 4 is 22.7 Å². The SMILES string of the molecule is COc1cc(C(=O)OCC(=O)c2c(C)[nH]c3ccccc23)ccc1OCCC(C)C.